The molecule has 1 heterocycles. The number of esters is 1. The predicted molar refractivity (Wildman–Crippen MR) is 107 cm³/mol. The first kappa shape index (κ1) is 18.3. The standard InChI is InChI=1S/C23H24N2O3/c1-25-20(13-14-24-25)22-18-9-7-16-3-5-17(6-4-16)8-10-19(12-11-18)23(22)28-15-21(26)27-2/h3-6,11-14H,7-10,15H2,1-2H3. The lowest BCUT2D eigenvalue weighted by atomic mass is 9.91. The topological polar surface area (TPSA) is 53.4 Å². The van der Waals surface area contributed by atoms with Gasteiger partial charge in [-0.25, -0.2) is 4.79 Å². The van der Waals surface area contributed by atoms with Crippen LogP contribution in [0.3, 0.4) is 0 Å². The van der Waals surface area contributed by atoms with Gasteiger partial charge in [0.05, 0.1) is 12.8 Å². The van der Waals surface area contributed by atoms with Gasteiger partial charge in [0.15, 0.2) is 6.61 Å². The number of methoxy groups -OCH3 is 1. The molecule has 0 aliphatic heterocycles. The second kappa shape index (κ2) is 7.89. The van der Waals surface area contributed by atoms with E-state index in [9.17, 15) is 4.79 Å². The zero-order valence-electron chi connectivity index (χ0n) is 16.3. The molecular formula is C23H24N2O3. The van der Waals surface area contributed by atoms with Gasteiger partial charge in [-0.2, -0.15) is 5.10 Å². The maximum absolute atomic E-state index is 11.8. The van der Waals surface area contributed by atoms with E-state index in [1.54, 1.807) is 6.20 Å². The number of benzene rings is 2. The molecule has 0 amide bonds. The van der Waals surface area contributed by atoms with Gasteiger partial charge >= 0.3 is 5.97 Å². The lowest BCUT2D eigenvalue weighted by molar-refractivity contribution is -0.142. The Morgan fingerprint density at radius 1 is 0.964 bits per heavy atom. The van der Waals surface area contributed by atoms with Crippen molar-refractivity contribution in [2.45, 2.75) is 25.7 Å². The van der Waals surface area contributed by atoms with Crippen LogP contribution in [-0.4, -0.2) is 29.5 Å². The van der Waals surface area contributed by atoms with Gasteiger partial charge in [-0.1, -0.05) is 36.4 Å². The highest BCUT2D eigenvalue weighted by atomic mass is 16.6. The molecule has 4 aliphatic rings. The maximum atomic E-state index is 11.8. The quantitative estimate of drug-likeness (QED) is 0.654. The summed E-state index contributed by atoms with van der Waals surface area (Å²) >= 11 is 0. The molecule has 0 saturated heterocycles. The first-order chi connectivity index (χ1) is 13.7. The minimum Gasteiger partial charge on any atom is -0.481 e. The van der Waals surface area contributed by atoms with E-state index < -0.39 is 0 Å². The van der Waals surface area contributed by atoms with Crippen molar-refractivity contribution in [3.8, 4) is 17.0 Å². The van der Waals surface area contributed by atoms with Crippen molar-refractivity contribution in [1.29, 1.82) is 0 Å². The van der Waals surface area contributed by atoms with Crippen LogP contribution in [0.1, 0.15) is 22.3 Å². The highest BCUT2D eigenvalue weighted by Crippen LogP contribution is 2.38. The molecule has 4 aliphatic carbocycles. The van der Waals surface area contributed by atoms with Crippen LogP contribution in [0.15, 0.2) is 48.7 Å². The van der Waals surface area contributed by atoms with Gasteiger partial charge in [0.1, 0.15) is 5.75 Å². The average Bonchev–Trinajstić information content (AvgIpc) is 3.13. The van der Waals surface area contributed by atoms with Crippen LogP contribution in [0, 0.1) is 0 Å². The van der Waals surface area contributed by atoms with Gasteiger partial charge in [-0.15, -0.1) is 0 Å². The summed E-state index contributed by atoms with van der Waals surface area (Å²) in [5.74, 6) is 0.379. The molecule has 0 spiro atoms. The normalized spacial score (nSPS) is 13.1. The molecule has 0 unspecified atom stereocenters. The predicted octanol–water partition coefficient (Wildman–Crippen LogP) is 3.52. The molecule has 0 atom stereocenters. The third kappa shape index (κ3) is 3.65. The molecule has 1 aromatic heterocycles. The Balaban J connectivity index is 1.84. The van der Waals surface area contributed by atoms with E-state index in [4.69, 9.17) is 9.47 Å². The third-order valence-corrected chi connectivity index (χ3v) is 5.35. The first-order valence-corrected chi connectivity index (χ1v) is 9.56. The van der Waals surface area contributed by atoms with Crippen LogP contribution in [0.4, 0.5) is 0 Å². The number of ether oxygens (including phenoxy) is 2. The van der Waals surface area contributed by atoms with Gasteiger partial charge < -0.3 is 9.47 Å². The molecule has 144 valence electrons. The molecule has 7 rings (SSSR count). The van der Waals surface area contributed by atoms with Crippen LogP contribution in [-0.2, 0) is 42.3 Å². The van der Waals surface area contributed by atoms with Crippen molar-refractivity contribution in [2.24, 2.45) is 7.05 Å². The Bertz CT molecular complexity index is 990. The van der Waals surface area contributed by atoms with Crippen molar-refractivity contribution in [2.75, 3.05) is 13.7 Å². The second-order valence-electron chi connectivity index (χ2n) is 7.11. The van der Waals surface area contributed by atoms with Gasteiger partial charge in [-0.3, -0.25) is 4.68 Å². The van der Waals surface area contributed by atoms with E-state index >= 15 is 0 Å². The minimum absolute atomic E-state index is 0.106. The number of rotatable bonds is 4. The van der Waals surface area contributed by atoms with Crippen molar-refractivity contribution < 1.29 is 14.3 Å². The second-order valence-corrected chi connectivity index (χ2v) is 7.11. The van der Waals surface area contributed by atoms with E-state index in [0.29, 0.717) is 0 Å². The number of hydrogen-bond donors (Lipinski definition) is 0. The number of aryl methyl sites for hydroxylation is 5. The van der Waals surface area contributed by atoms with Crippen molar-refractivity contribution in [3.63, 3.8) is 0 Å². The van der Waals surface area contributed by atoms with Crippen LogP contribution >= 0.6 is 0 Å². The van der Waals surface area contributed by atoms with Crippen molar-refractivity contribution >= 4 is 5.97 Å². The molecule has 5 heteroatoms. The Morgan fingerprint density at radius 3 is 2.21 bits per heavy atom. The average molecular weight is 376 g/mol. The van der Waals surface area contributed by atoms with E-state index in [2.05, 4.69) is 41.5 Å². The highest BCUT2D eigenvalue weighted by molar-refractivity contribution is 5.75. The Hall–Kier alpha value is -3.08. The van der Waals surface area contributed by atoms with Gasteiger partial charge in [-0.05, 0) is 54.0 Å². The number of carbonyl (C=O) groups excluding carboxylic acids is 1. The molecule has 28 heavy (non-hydrogen) atoms. The first-order valence-electron chi connectivity index (χ1n) is 9.56. The zero-order valence-corrected chi connectivity index (χ0v) is 16.3. The van der Waals surface area contributed by atoms with Crippen LogP contribution < -0.4 is 4.74 Å². The summed E-state index contributed by atoms with van der Waals surface area (Å²) in [5.41, 5.74) is 6.92. The summed E-state index contributed by atoms with van der Waals surface area (Å²) in [4.78, 5) is 11.8. The molecule has 4 bridgehead atoms. The van der Waals surface area contributed by atoms with E-state index in [-0.39, 0.29) is 12.6 Å². The molecule has 2 aromatic carbocycles. The van der Waals surface area contributed by atoms with Crippen LogP contribution in [0.2, 0.25) is 0 Å². The lowest BCUT2D eigenvalue weighted by Gasteiger charge is -2.20. The smallest absolute Gasteiger partial charge is 0.343 e. The monoisotopic (exact) mass is 376 g/mol. The maximum Gasteiger partial charge on any atom is 0.343 e. The van der Waals surface area contributed by atoms with E-state index in [0.717, 1.165) is 48.3 Å². The van der Waals surface area contributed by atoms with Crippen molar-refractivity contribution in [1.82, 2.24) is 9.78 Å². The fourth-order valence-corrected chi connectivity index (χ4v) is 3.76. The molecule has 3 aromatic rings. The number of aromatic nitrogens is 2. The fraction of sp³-hybridized carbons (Fsp3) is 0.304. The molecule has 0 radical (unpaired) electrons. The summed E-state index contributed by atoms with van der Waals surface area (Å²) in [6.45, 7) is -0.106. The number of carbonyl (C=O) groups is 1. The molecular weight excluding hydrogens is 352 g/mol. The minimum atomic E-state index is -0.386. The summed E-state index contributed by atoms with van der Waals surface area (Å²) in [6, 6.07) is 15.2. The molecule has 5 nitrogen and oxygen atoms in total. The number of nitrogens with zero attached hydrogens (tertiary/aromatic N) is 2. The SMILES string of the molecule is COC(=O)COc1c2ccc(c1-c1ccnn1C)CCc1ccc(cc1)CC2. The van der Waals surface area contributed by atoms with Gasteiger partial charge in [0, 0.05) is 18.8 Å². The Labute approximate surface area is 164 Å². The van der Waals surface area contributed by atoms with Crippen molar-refractivity contribution in [3.05, 3.63) is 70.9 Å². The summed E-state index contributed by atoms with van der Waals surface area (Å²) in [7, 11) is 3.30. The summed E-state index contributed by atoms with van der Waals surface area (Å²) in [6.07, 6.45) is 5.37. The Kier molecular flexibility index (Phi) is 5.15. The molecule has 0 fully saturated rings. The molecule has 0 N–H and O–H groups in total. The molecule has 0 saturated carbocycles. The van der Waals surface area contributed by atoms with Gasteiger partial charge in [0.2, 0.25) is 0 Å². The highest BCUT2D eigenvalue weighted by Gasteiger charge is 2.20. The van der Waals surface area contributed by atoms with Crippen LogP contribution in [0.5, 0.6) is 5.75 Å². The summed E-state index contributed by atoms with van der Waals surface area (Å²) in [5, 5.41) is 4.35. The number of hydrogen-bond acceptors (Lipinski definition) is 4. The van der Waals surface area contributed by atoms with E-state index in [1.807, 2.05) is 17.8 Å². The third-order valence-electron chi connectivity index (χ3n) is 5.35. The lowest BCUT2D eigenvalue weighted by Crippen LogP contribution is -2.15. The largest absolute Gasteiger partial charge is 0.481 e. The van der Waals surface area contributed by atoms with Crippen LogP contribution in [0.25, 0.3) is 11.3 Å². The zero-order chi connectivity index (χ0) is 19.5. The van der Waals surface area contributed by atoms with Gasteiger partial charge in [0.25, 0.3) is 0 Å². The van der Waals surface area contributed by atoms with E-state index in [1.165, 1.54) is 23.8 Å². The summed E-state index contributed by atoms with van der Waals surface area (Å²) < 4.78 is 12.7. The Morgan fingerprint density at radius 2 is 1.61 bits per heavy atom. The fourth-order valence-electron chi connectivity index (χ4n) is 3.76.